The summed E-state index contributed by atoms with van der Waals surface area (Å²) in [4.78, 5) is 30.0. The molecule has 254 valence electrons. The molecule has 0 aliphatic heterocycles. The summed E-state index contributed by atoms with van der Waals surface area (Å²) in [5.41, 5.74) is 1.74. The predicted molar refractivity (Wildman–Crippen MR) is 186 cm³/mol. The van der Waals surface area contributed by atoms with Crippen molar-refractivity contribution in [1.29, 1.82) is 0 Å². The van der Waals surface area contributed by atoms with E-state index in [9.17, 15) is 18.0 Å². The fourth-order valence-corrected chi connectivity index (χ4v) is 6.68. The number of amides is 2. The van der Waals surface area contributed by atoms with Crippen LogP contribution in [0, 0.1) is 0 Å². The molecule has 4 aromatic carbocycles. The van der Waals surface area contributed by atoms with Gasteiger partial charge in [-0.05, 0) is 66.1 Å². The Morgan fingerprint density at radius 3 is 2.10 bits per heavy atom. The zero-order valence-corrected chi connectivity index (χ0v) is 28.6. The lowest BCUT2D eigenvalue weighted by atomic mass is 10.0. The van der Waals surface area contributed by atoms with Crippen LogP contribution in [0.2, 0.25) is 0 Å². The number of carbonyl (C=O) groups excluding carboxylic acids is 2. The number of hydrogen-bond acceptors (Lipinski definition) is 7. The lowest BCUT2D eigenvalue weighted by Gasteiger charge is -2.34. The van der Waals surface area contributed by atoms with Crippen molar-refractivity contribution in [3.05, 3.63) is 114 Å². The SMILES string of the molecule is CCCCNC(=O)[C@@H](Cc1ccccc1)N(Cc1cccc(OC)c1)C(=O)CN(c1ccccc1OC)S(=O)(=O)c1ccc(OC)cc1. The van der Waals surface area contributed by atoms with Crippen molar-refractivity contribution in [1.82, 2.24) is 10.2 Å². The van der Waals surface area contributed by atoms with E-state index in [2.05, 4.69) is 5.32 Å². The van der Waals surface area contributed by atoms with E-state index in [-0.39, 0.29) is 35.2 Å². The van der Waals surface area contributed by atoms with Crippen molar-refractivity contribution >= 4 is 27.5 Å². The quantitative estimate of drug-likeness (QED) is 0.148. The first kappa shape index (κ1) is 35.8. The van der Waals surface area contributed by atoms with Crippen LogP contribution in [0.4, 0.5) is 5.69 Å². The van der Waals surface area contributed by atoms with Crippen molar-refractivity contribution in [2.45, 2.75) is 43.7 Å². The Kier molecular flexibility index (Phi) is 12.8. The van der Waals surface area contributed by atoms with Gasteiger partial charge in [0.05, 0.1) is 31.9 Å². The van der Waals surface area contributed by atoms with E-state index >= 15 is 0 Å². The number of carbonyl (C=O) groups is 2. The summed E-state index contributed by atoms with van der Waals surface area (Å²) in [5.74, 6) is 0.429. The van der Waals surface area contributed by atoms with Crippen molar-refractivity contribution in [2.24, 2.45) is 0 Å². The summed E-state index contributed by atoms with van der Waals surface area (Å²) in [6.45, 7) is 1.90. The van der Waals surface area contributed by atoms with E-state index in [4.69, 9.17) is 14.2 Å². The molecule has 10 nitrogen and oxygen atoms in total. The molecule has 4 aromatic rings. The van der Waals surface area contributed by atoms with Gasteiger partial charge in [0.15, 0.2) is 0 Å². The Balaban J connectivity index is 1.82. The standard InChI is InChI=1S/C37H43N3O7S/c1-5-6-23-38-37(42)34(25-28-13-8-7-9-14-28)39(26-29-15-12-16-31(24-29)46-3)36(41)27-40(33-17-10-11-18-35(33)47-4)48(43,44)32-21-19-30(45-2)20-22-32/h7-22,24,34H,5-6,23,25-27H2,1-4H3,(H,38,42)/t34-/m1/s1. The van der Waals surface area contributed by atoms with Gasteiger partial charge in [-0.15, -0.1) is 0 Å². The van der Waals surface area contributed by atoms with E-state index in [0.29, 0.717) is 23.6 Å². The molecular weight excluding hydrogens is 630 g/mol. The van der Waals surface area contributed by atoms with Crippen LogP contribution in [0.25, 0.3) is 0 Å². The van der Waals surface area contributed by atoms with Gasteiger partial charge < -0.3 is 24.4 Å². The number of rotatable bonds is 17. The lowest BCUT2D eigenvalue weighted by molar-refractivity contribution is -0.140. The van der Waals surface area contributed by atoms with Gasteiger partial charge in [0.2, 0.25) is 11.8 Å². The van der Waals surface area contributed by atoms with Gasteiger partial charge >= 0.3 is 0 Å². The lowest BCUT2D eigenvalue weighted by Crippen LogP contribution is -2.53. The number of hydrogen-bond donors (Lipinski definition) is 1. The smallest absolute Gasteiger partial charge is 0.264 e. The highest BCUT2D eigenvalue weighted by molar-refractivity contribution is 7.92. The molecule has 0 radical (unpaired) electrons. The highest BCUT2D eigenvalue weighted by atomic mass is 32.2. The first-order valence-electron chi connectivity index (χ1n) is 15.8. The van der Waals surface area contributed by atoms with Crippen LogP contribution in [0.15, 0.2) is 108 Å². The predicted octanol–water partition coefficient (Wildman–Crippen LogP) is 5.46. The zero-order valence-electron chi connectivity index (χ0n) is 27.8. The Morgan fingerprint density at radius 2 is 1.44 bits per heavy atom. The van der Waals surface area contributed by atoms with Gasteiger partial charge in [0.25, 0.3) is 10.0 Å². The number of benzene rings is 4. The molecule has 0 heterocycles. The molecular formula is C37H43N3O7S. The number of anilines is 1. The van der Waals surface area contributed by atoms with E-state index in [1.807, 2.05) is 43.3 Å². The molecule has 11 heteroatoms. The summed E-state index contributed by atoms with van der Waals surface area (Å²) in [7, 11) is 0.161. The summed E-state index contributed by atoms with van der Waals surface area (Å²) in [6, 6.07) is 28.2. The fraction of sp³-hybridized carbons (Fsp3) is 0.297. The van der Waals surface area contributed by atoms with Crippen LogP contribution >= 0.6 is 0 Å². The van der Waals surface area contributed by atoms with Crippen molar-refractivity contribution in [2.75, 3.05) is 38.7 Å². The van der Waals surface area contributed by atoms with Crippen molar-refractivity contribution < 1.29 is 32.2 Å². The van der Waals surface area contributed by atoms with Crippen LogP contribution < -0.4 is 23.8 Å². The molecule has 0 aliphatic rings. The largest absolute Gasteiger partial charge is 0.497 e. The maximum Gasteiger partial charge on any atom is 0.264 e. The minimum absolute atomic E-state index is 0.0249. The summed E-state index contributed by atoms with van der Waals surface area (Å²) >= 11 is 0. The molecule has 0 unspecified atom stereocenters. The van der Waals surface area contributed by atoms with Gasteiger partial charge in [0, 0.05) is 19.5 Å². The number of methoxy groups -OCH3 is 3. The summed E-state index contributed by atoms with van der Waals surface area (Å²) in [6.07, 6.45) is 1.87. The average molecular weight is 674 g/mol. The average Bonchev–Trinajstić information content (AvgIpc) is 3.12. The molecule has 0 aliphatic carbocycles. The molecule has 0 bridgehead atoms. The maximum absolute atomic E-state index is 14.7. The minimum Gasteiger partial charge on any atom is -0.497 e. The van der Waals surface area contributed by atoms with Gasteiger partial charge in [-0.25, -0.2) is 8.42 Å². The third kappa shape index (κ3) is 9.07. The molecule has 4 rings (SSSR count). The number of sulfonamides is 1. The van der Waals surface area contributed by atoms with E-state index in [0.717, 1.165) is 22.7 Å². The Labute approximate surface area is 283 Å². The van der Waals surface area contributed by atoms with Gasteiger partial charge in [0.1, 0.15) is 29.8 Å². The van der Waals surface area contributed by atoms with Crippen LogP contribution in [-0.4, -0.2) is 65.6 Å². The number of ether oxygens (including phenoxy) is 3. The topological polar surface area (TPSA) is 114 Å². The molecule has 48 heavy (non-hydrogen) atoms. The van der Waals surface area contributed by atoms with Crippen molar-refractivity contribution in [3.63, 3.8) is 0 Å². The molecule has 0 saturated carbocycles. The van der Waals surface area contributed by atoms with Gasteiger partial charge in [-0.1, -0.05) is 67.9 Å². The second kappa shape index (κ2) is 17.2. The number of para-hydroxylation sites is 2. The third-order valence-electron chi connectivity index (χ3n) is 7.87. The van der Waals surface area contributed by atoms with Gasteiger partial charge in [-0.3, -0.25) is 13.9 Å². The van der Waals surface area contributed by atoms with E-state index in [1.165, 1.54) is 31.3 Å². The number of nitrogens with zero attached hydrogens (tertiary/aromatic N) is 2. The highest BCUT2D eigenvalue weighted by Gasteiger charge is 2.35. The first-order chi connectivity index (χ1) is 23.2. The second-order valence-electron chi connectivity index (χ2n) is 11.1. The van der Waals surface area contributed by atoms with Crippen LogP contribution in [0.3, 0.4) is 0 Å². The van der Waals surface area contributed by atoms with E-state index < -0.39 is 28.5 Å². The minimum atomic E-state index is -4.32. The van der Waals surface area contributed by atoms with Crippen LogP contribution in [0.5, 0.6) is 17.2 Å². The second-order valence-corrected chi connectivity index (χ2v) is 12.9. The molecule has 0 spiro atoms. The molecule has 1 atom stereocenters. The fourth-order valence-electron chi connectivity index (χ4n) is 5.25. The molecule has 2 amide bonds. The van der Waals surface area contributed by atoms with Crippen LogP contribution in [-0.2, 0) is 32.6 Å². The number of unbranched alkanes of at least 4 members (excludes halogenated alkanes) is 1. The summed E-state index contributed by atoms with van der Waals surface area (Å²) < 4.78 is 45.9. The zero-order chi connectivity index (χ0) is 34.5. The molecule has 0 fully saturated rings. The van der Waals surface area contributed by atoms with E-state index in [1.54, 1.807) is 61.7 Å². The third-order valence-corrected chi connectivity index (χ3v) is 9.64. The highest BCUT2D eigenvalue weighted by Crippen LogP contribution is 2.33. The molecule has 0 saturated heterocycles. The Hall–Kier alpha value is -5.03. The van der Waals surface area contributed by atoms with Crippen molar-refractivity contribution in [3.8, 4) is 17.2 Å². The molecule has 1 N–H and O–H groups in total. The number of nitrogens with one attached hydrogen (secondary N) is 1. The van der Waals surface area contributed by atoms with Gasteiger partial charge in [-0.2, -0.15) is 0 Å². The first-order valence-corrected chi connectivity index (χ1v) is 17.2. The molecule has 0 aromatic heterocycles. The normalized spacial score (nSPS) is 11.7. The summed E-state index contributed by atoms with van der Waals surface area (Å²) in [5, 5.41) is 3.00. The Bertz CT molecular complexity index is 1750. The maximum atomic E-state index is 14.7. The monoisotopic (exact) mass is 673 g/mol. The Morgan fingerprint density at radius 1 is 0.771 bits per heavy atom. The van der Waals surface area contributed by atoms with Crippen LogP contribution in [0.1, 0.15) is 30.9 Å².